The average Bonchev–Trinajstić information content (AvgIpc) is 3.53. The molecule has 4 amide bonds. The summed E-state index contributed by atoms with van der Waals surface area (Å²) in [7, 11) is 0. The third kappa shape index (κ3) is 5.27. The predicted molar refractivity (Wildman–Crippen MR) is 141 cm³/mol. The minimum Gasteiger partial charge on any atom is -0.376 e. The lowest BCUT2D eigenvalue weighted by atomic mass is 9.85. The Bertz CT molecular complexity index is 1130. The van der Waals surface area contributed by atoms with Gasteiger partial charge in [0.2, 0.25) is 5.91 Å². The fraction of sp³-hybridized carbons (Fsp3) is 0.464. The van der Waals surface area contributed by atoms with Gasteiger partial charge in [-0.05, 0) is 56.4 Å². The van der Waals surface area contributed by atoms with Crippen molar-refractivity contribution in [3.8, 4) is 0 Å². The van der Waals surface area contributed by atoms with Crippen LogP contribution in [-0.2, 0) is 14.3 Å². The van der Waals surface area contributed by atoms with Crippen molar-refractivity contribution in [2.75, 3.05) is 49.7 Å². The normalized spacial score (nSPS) is 20.9. The second kappa shape index (κ2) is 10.8. The molecule has 196 valence electrons. The smallest absolute Gasteiger partial charge is 0.321 e. The number of aryl methyl sites for hydroxylation is 1. The van der Waals surface area contributed by atoms with Crippen molar-refractivity contribution in [3.05, 3.63) is 60.2 Å². The number of nitrogens with one attached hydrogen (secondary N) is 2. The maximum atomic E-state index is 13.8. The molecule has 0 aromatic heterocycles. The number of hydrogen-bond acceptors (Lipinski definition) is 5. The lowest BCUT2D eigenvalue weighted by molar-refractivity contribution is -0.137. The van der Waals surface area contributed by atoms with Gasteiger partial charge in [-0.1, -0.05) is 36.4 Å². The molecule has 0 saturated carbocycles. The standard InChI is InChI=1S/C28H35N5O4/c1-21-8-5-6-12-24(21)30-27(36)31-15-13-28(14-16-31)26(35)32(20-33(28)22-9-3-2-4-10-22)19-25(34)29-18-23-11-7-17-37-23/h2-6,8-10,12,23H,7,11,13-20H2,1H3,(H,29,34)(H,30,36)/t23-/m0/s1. The van der Waals surface area contributed by atoms with Crippen molar-refractivity contribution in [1.82, 2.24) is 15.1 Å². The number of piperidine rings is 1. The zero-order chi connectivity index (χ0) is 25.8. The summed E-state index contributed by atoms with van der Waals surface area (Å²) in [5.41, 5.74) is 1.95. The number of urea groups is 1. The highest BCUT2D eigenvalue weighted by Crippen LogP contribution is 2.39. The molecule has 2 aromatic carbocycles. The number of rotatable bonds is 6. The van der Waals surface area contributed by atoms with Gasteiger partial charge in [-0.3, -0.25) is 9.59 Å². The molecule has 9 nitrogen and oxygen atoms in total. The van der Waals surface area contributed by atoms with Crippen LogP contribution in [0.5, 0.6) is 0 Å². The highest BCUT2D eigenvalue weighted by atomic mass is 16.5. The van der Waals surface area contributed by atoms with E-state index < -0.39 is 5.54 Å². The number of likely N-dealkylation sites (tertiary alicyclic amines) is 1. The van der Waals surface area contributed by atoms with Crippen LogP contribution in [0.4, 0.5) is 16.2 Å². The number of para-hydroxylation sites is 2. The van der Waals surface area contributed by atoms with E-state index in [1.807, 2.05) is 61.5 Å². The van der Waals surface area contributed by atoms with E-state index in [-0.39, 0.29) is 30.5 Å². The number of carbonyl (C=O) groups excluding carboxylic acids is 3. The van der Waals surface area contributed by atoms with Crippen LogP contribution in [0, 0.1) is 6.92 Å². The lowest BCUT2D eigenvalue weighted by Crippen LogP contribution is -2.58. The molecule has 2 N–H and O–H groups in total. The molecule has 3 saturated heterocycles. The minimum atomic E-state index is -0.782. The molecule has 3 aliphatic rings. The molecule has 1 spiro atoms. The van der Waals surface area contributed by atoms with Crippen molar-refractivity contribution < 1.29 is 19.1 Å². The van der Waals surface area contributed by atoms with E-state index in [1.165, 1.54) is 0 Å². The van der Waals surface area contributed by atoms with Gasteiger partial charge in [0.05, 0.1) is 12.8 Å². The van der Waals surface area contributed by atoms with Crippen molar-refractivity contribution >= 4 is 29.2 Å². The molecule has 37 heavy (non-hydrogen) atoms. The minimum absolute atomic E-state index is 0.00806. The van der Waals surface area contributed by atoms with Crippen molar-refractivity contribution in [3.63, 3.8) is 0 Å². The molecular formula is C28H35N5O4. The summed E-state index contributed by atoms with van der Waals surface area (Å²) >= 11 is 0. The van der Waals surface area contributed by atoms with E-state index >= 15 is 0 Å². The Kier molecular flexibility index (Phi) is 7.32. The Hall–Kier alpha value is -3.59. The van der Waals surface area contributed by atoms with E-state index in [2.05, 4.69) is 15.5 Å². The molecule has 1 atom stereocenters. The van der Waals surface area contributed by atoms with Crippen LogP contribution in [0.15, 0.2) is 54.6 Å². The summed E-state index contributed by atoms with van der Waals surface area (Å²) in [4.78, 5) is 45.1. The fourth-order valence-electron chi connectivity index (χ4n) is 5.57. The zero-order valence-corrected chi connectivity index (χ0v) is 21.3. The maximum Gasteiger partial charge on any atom is 0.321 e. The molecule has 2 aromatic rings. The van der Waals surface area contributed by atoms with Crippen molar-refractivity contribution in [2.24, 2.45) is 0 Å². The summed E-state index contributed by atoms with van der Waals surface area (Å²) in [5, 5.41) is 5.93. The van der Waals surface area contributed by atoms with Gasteiger partial charge < -0.3 is 30.1 Å². The van der Waals surface area contributed by atoms with Gasteiger partial charge in [0.15, 0.2) is 0 Å². The first-order valence-corrected chi connectivity index (χ1v) is 13.1. The van der Waals surface area contributed by atoms with Crippen LogP contribution in [0.25, 0.3) is 0 Å². The van der Waals surface area contributed by atoms with Gasteiger partial charge in [-0.25, -0.2) is 4.79 Å². The molecule has 0 unspecified atom stereocenters. The SMILES string of the molecule is Cc1ccccc1NC(=O)N1CCC2(CC1)C(=O)N(CC(=O)NC[C@@H]1CCCO1)CN2c1ccccc1. The van der Waals surface area contributed by atoms with E-state index in [4.69, 9.17) is 4.74 Å². The molecule has 5 rings (SSSR count). The van der Waals surface area contributed by atoms with Crippen LogP contribution in [0.1, 0.15) is 31.2 Å². The van der Waals surface area contributed by atoms with Gasteiger partial charge in [0.1, 0.15) is 12.1 Å². The highest BCUT2D eigenvalue weighted by Gasteiger charge is 2.54. The monoisotopic (exact) mass is 505 g/mol. The number of nitrogens with zero attached hydrogens (tertiary/aromatic N) is 3. The zero-order valence-electron chi connectivity index (χ0n) is 21.3. The molecule has 9 heteroatoms. The van der Waals surface area contributed by atoms with Crippen LogP contribution < -0.4 is 15.5 Å². The highest BCUT2D eigenvalue weighted by molar-refractivity contribution is 5.97. The first-order valence-electron chi connectivity index (χ1n) is 13.1. The molecule has 3 heterocycles. The second-order valence-corrected chi connectivity index (χ2v) is 10.1. The predicted octanol–water partition coefficient (Wildman–Crippen LogP) is 2.96. The second-order valence-electron chi connectivity index (χ2n) is 10.1. The lowest BCUT2D eigenvalue weighted by Gasteiger charge is -2.43. The first-order chi connectivity index (χ1) is 18.0. The third-order valence-electron chi connectivity index (χ3n) is 7.73. The Morgan fingerprint density at radius 1 is 1.05 bits per heavy atom. The van der Waals surface area contributed by atoms with Crippen LogP contribution in [0.3, 0.4) is 0 Å². The van der Waals surface area contributed by atoms with Gasteiger partial charge in [-0.2, -0.15) is 0 Å². The molecule has 0 bridgehead atoms. The number of anilines is 2. The quantitative estimate of drug-likeness (QED) is 0.630. The number of amides is 4. The molecular weight excluding hydrogens is 470 g/mol. The first kappa shape index (κ1) is 25.1. The summed E-state index contributed by atoms with van der Waals surface area (Å²) in [6, 6.07) is 17.4. The van der Waals surface area contributed by atoms with Crippen molar-refractivity contribution in [1.29, 1.82) is 0 Å². The van der Waals surface area contributed by atoms with Gasteiger partial charge in [0.25, 0.3) is 5.91 Å². The van der Waals surface area contributed by atoms with E-state index in [0.29, 0.717) is 39.1 Å². The summed E-state index contributed by atoms with van der Waals surface area (Å²) < 4.78 is 5.59. The Morgan fingerprint density at radius 2 is 1.78 bits per heavy atom. The van der Waals surface area contributed by atoms with Gasteiger partial charge in [-0.15, -0.1) is 0 Å². The number of benzene rings is 2. The topological polar surface area (TPSA) is 94.2 Å². The Labute approximate surface area is 217 Å². The summed E-state index contributed by atoms with van der Waals surface area (Å²) in [6.07, 6.45) is 3.01. The van der Waals surface area contributed by atoms with Crippen LogP contribution in [0.2, 0.25) is 0 Å². The Balaban J connectivity index is 1.27. The largest absolute Gasteiger partial charge is 0.376 e. The molecule has 0 radical (unpaired) electrons. The Morgan fingerprint density at radius 3 is 2.49 bits per heavy atom. The number of ether oxygens (including phenoxy) is 1. The number of hydrogen-bond donors (Lipinski definition) is 2. The van der Waals surface area contributed by atoms with Crippen molar-refractivity contribution in [2.45, 2.75) is 44.2 Å². The molecule has 3 aliphatic heterocycles. The summed E-state index contributed by atoms with van der Waals surface area (Å²) in [6.45, 7) is 4.41. The van der Waals surface area contributed by atoms with Gasteiger partial charge in [0, 0.05) is 37.6 Å². The average molecular weight is 506 g/mol. The molecule has 3 fully saturated rings. The fourth-order valence-corrected chi connectivity index (χ4v) is 5.57. The van der Waals surface area contributed by atoms with E-state index in [9.17, 15) is 14.4 Å². The van der Waals surface area contributed by atoms with Crippen LogP contribution >= 0.6 is 0 Å². The van der Waals surface area contributed by atoms with Crippen LogP contribution in [-0.4, -0.2) is 78.7 Å². The summed E-state index contributed by atoms with van der Waals surface area (Å²) in [5.74, 6) is -0.230. The third-order valence-corrected chi connectivity index (χ3v) is 7.73. The van der Waals surface area contributed by atoms with Gasteiger partial charge >= 0.3 is 6.03 Å². The van der Waals surface area contributed by atoms with E-state index in [0.717, 1.165) is 36.4 Å². The molecule has 0 aliphatic carbocycles. The maximum absolute atomic E-state index is 13.8. The van der Waals surface area contributed by atoms with E-state index in [1.54, 1.807) is 9.80 Å². The number of carbonyl (C=O) groups is 3.